The first-order valence-electron chi connectivity index (χ1n) is 5.52. The molecule has 0 radical (unpaired) electrons. The van der Waals surface area contributed by atoms with Gasteiger partial charge in [-0.2, -0.15) is 0 Å². The Bertz CT molecular complexity index is 637. The van der Waals surface area contributed by atoms with Crippen molar-refractivity contribution < 1.29 is 16.8 Å². The van der Waals surface area contributed by atoms with Gasteiger partial charge in [0.1, 0.15) is 0 Å². The maximum Gasteiger partial charge on any atom is 0.241 e. The minimum absolute atomic E-state index is 0.0286. The molecule has 0 aromatic heterocycles. The Morgan fingerprint density at radius 3 is 2.33 bits per heavy atom. The fourth-order valence-corrected chi connectivity index (χ4v) is 5.71. The van der Waals surface area contributed by atoms with Crippen molar-refractivity contribution in [2.75, 3.05) is 11.5 Å². The van der Waals surface area contributed by atoms with E-state index in [-0.39, 0.29) is 16.4 Å². The van der Waals surface area contributed by atoms with Gasteiger partial charge in [0.2, 0.25) is 10.0 Å². The summed E-state index contributed by atoms with van der Waals surface area (Å²) < 4.78 is 49.6. The summed E-state index contributed by atoms with van der Waals surface area (Å²) in [7, 11) is -6.80. The van der Waals surface area contributed by atoms with Gasteiger partial charge in [0.25, 0.3) is 0 Å². The summed E-state index contributed by atoms with van der Waals surface area (Å²) in [6, 6.07) is 7.94. The molecule has 100 valence electrons. The van der Waals surface area contributed by atoms with Crippen molar-refractivity contribution >= 4 is 19.9 Å². The topological polar surface area (TPSA) is 80.3 Å². The predicted molar refractivity (Wildman–Crippen MR) is 68.4 cm³/mol. The van der Waals surface area contributed by atoms with Gasteiger partial charge >= 0.3 is 0 Å². The van der Waals surface area contributed by atoms with Crippen LogP contribution in [0.5, 0.6) is 0 Å². The van der Waals surface area contributed by atoms with Crippen LogP contribution in [-0.2, 0) is 19.9 Å². The smallest absolute Gasteiger partial charge is 0.229 e. The Balaban J connectivity index is 2.25. The molecule has 1 aliphatic rings. The van der Waals surface area contributed by atoms with E-state index in [0.717, 1.165) is 0 Å². The Kier molecular flexibility index (Phi) is 3.25. The Morgan fingerprint density at radius 2 is 1.83 bits per heavy atom. The molecule has 7 heteroatoms. The van der Waals surface area contributed by atoms with E-state index in [4.69, 9.17) is 0 Å². The third-order valence-electron chi connectivity index (χ3n) is 2.94. The highest BCUT2D eigenvalue weighted by molar-refractivity contribution is 7.92. The van der Waals surface area contributed by atoms with Crippen molar-refractivity contribution in [1.29, 1.82) is 0 Å². The second kappa shape index (κ2) is 4.32. The third kappa shape index (κ3) is 2.90. The summed E-state index contributed by atoms with van der Waals surface area (Å²) in [5.74, 6) is -0.118. The summed E-state index contributed by atoms with van der Waals surface area (Å²) in [5, 5.41) is 0. The number of hydrogen-bond acceptors (Lipinski definition) is 4. The summed E-state index contributed by atoms with van der Waals surface area (Å²) in [6.45, 7) is 1.62. The van der Waals surface area contributed by atoms with Gasteiger partial charge in [-0.25, -0.2) is 21.6 Å². The van der Waals surface area contributed by atoms with Gasteiger partial charge in [0.05, 0.1) is 16.4 Å². The van der Waals surface area contributed by atoms with Gasteiger partial charge in [-0.15, -0.1) is 0 Å². The monoisotopic (exact) mass is 289 g/mol. The van der Waals surface area contributed by atoms with Gasteiger partial charge < -0.3 is 0 Å². The lowest BCUT2D eigenvalue weighted by molar-refractivity contribution is 0.462. The van der Waals surface area contributed by atoms with Crippen molar-refractivity contribution in [3.8, 4) is 0 Å². The number of sulfonamides is 1. The van der Waals surface area contributed by atoms with Crippen LogP contribution in [0.1, 0.15) is 13.3 Å². The van der Waals surface area contributed by atoms with E-state index >= 15 is 0 Å². The molecule has 1 saturated heterocycles. The molecule has 0 saturated carbocycles. The lowest BCUT2D eigenvalue weighted by atomic mass is 10.0. The van der Waals surface area contributed by atoms with Crippen molar-refractivity contribution in [2.45, 2.75) is 23.8 Å². The van der Waals surface area contributed by atoms with Gasteiger partial charge in [0, 0.05) is 5.54 Å². The Labute approximate surface area is 107 Å². The van der Waals surface area contributed by atoms with Crippen LogP contribution in [0.2, 0.25) is 0 Å². The third-order valence-corrected chi connectivity index (χ3v) is 6.49. The molecule has 1 aliphatic heterocycles. The number of rotatable bonds is 3. The van der Waals surface area contributed by atoms with Crippen LogP contribution in [0.4, 0.5) is 0 Å². The minimum Gasteiger partial charge on any atom is -0.229 e. The number of sulfone groups is 1. The van der Waals surface area contributed by atoms with E-state index in [1.807, 2.05) is 0 Å². The fraction of sp³-hybridized carbons (Fsp3) is 0.455. The van der Waals surface area contributed by atoms with E-state index < -0.39 is 25.4 Å². The highest BCUT2D eigenvalue weighted by atomic mass is 32.2. The van der Waals surface area contributed by atoms with Gasteiger partial charge in [-0.1, -0.05) is 18.2 Å². The molecule has 1 N–H and O–H groups in total. The molecule has 0 bridgehead atoms. The minimum atomic E-state index is -3.67. The second-order valence-corrected chi connectivity index (χ2v) is 8.69. The van der Waals surface area contributed by atoms with Gasteiger partial charge in [-0.05, 0) is 25.5 Å². The summed E-state index contributed by atoms with van der Waals surface area (Å²) >= 11 is 0. The highest BCUT2D eigenvalue weighted by Crippen LogP contribution is 2.25. The molecule has 5 nitrogen and oxygen atoms in total. The normalized spacial score (nSPS) is 27.2. The first kappa shape index (κ1) is 13.5. The zero-order valence-electron chi connectivity index (χ0n) is 9.96. The van der Waals surface area contributed by atoms with Crippen molar-refractivity contribution in [1.82, 2.24) is 4.72 Å². The standard InChI is InChI=1S/C11H15NO4S2/c1-11(7-8-17(13,14)9-11)12-18(15,16)10-5-3-2-4-6-10/h2-6,12H,7-9H2,1H3. The van der Waals surface area contributed by atoms with Crippen LogP contribution < -0.4 is 4.72 Å². The maximum atomic E-state index is 12.1. The average Bonchev–Trinajstić information content (AvgIpc) is 2.53. The largest absolute Gasteiger partial charge is 0.241 e. The summed E-state index contributed by atoms with van der Waals surface area (Å²) in [4.78, 5) is 0.149. The molecule has 2 rings (SSSR count). The van der Waals surface area contributed by atoms with Crippen molar-refractivity contribution in [3.05, 3.63) is 30.3 Å². The molecule has 1 heterocycles. The quantitative estimate of drug-likeness (QED) is 0.881. The zero-order valence-corrected chi connectivity index (χ0v) is 11.6. The van der Waals surface area contributed by atoms with Crippen LogP contribution >= 0.6 is 0 Å². The lowest BCUT2D eigenvalue weighted by Crippen LogP contribution is -2.46. The molecular formula is C11H15NO4S2. The molecule has 18 heavy (non-hydrogen) atoms. The predicted octanol–water partition coefficient (Wildman–Crippen LogP) is 0.542. The molecule has 0 aliphatic carbocycles. The first-order valence-corrected chi connectivity index (χ1v) is 8.82. The Morgan fingerprint density at radius 1 is 1.22 bits per heavy atom. The number of hydrogen-bond donors (Lipinski definition) is 1. The number of nitrogens with one attached hydrogen (secondary N) is 1. The molecule has 1 aromatic carbocycles. The number of benzene rings is 1. The fourth-order valence-electron chi connectivity index (χ4n) is 2.07. The van der Waals surface area contributed by atoms with E-state index in [0.29, 0.717) is 6.42 Å². The van der Waals surface area contributed by atoms with E-state index in [1.54, 1.807) is 25.1 Å². The van der Waals surface area contributed by atoms with E-state index in [2.05, 4.69) is 4.72 Å². The molecule has 1 atom stereocenters. The summed E-state index contributed by atoms with van der Waals surface area (Å²) in [5.41, 5.74) is -0.909. The lowest BCUT2D eigenvalue weighted by Gasteiger charge is -2.23. The SMILES string of the molecule is CC1(NS(=O)(=O)c2ccccc2)CCS(=O)(=O)C1. The van der Waals surface area contributed by atoms with E-state index in [9.17, 15) is 16.8 Å². The second-order valence-electron chi connectivity index (χ2n) is 4.82. The van der Waals surface area contributed by atoms with Crippen LogP contribution in [0.25, 0.3) is 0 Å². The van der Waals surface area contributed by atoms with Crippen LogP contribution in [0, 0.1) is 0 Å². The van der Waals surface area contributed by atoms with Gasteiger partial charge in [-0.3, -0.25) is 0 Å². The molecule has 1 unspecified atom stereocenters. The Hall–Kier alpha value is -0.920. The highest BCUT2D eigenvalue weighted by Gasteiger charge is 2.41. The van der Waals surface area contributed by atoms with Crippen molar-refractivity contribution in [3.63, 3.8) is 0 Å². The average molecular weight is 289 g/mol. The molecule has 1 aromatic rings. The maximum absolute atomic E-state index is 12.1. The molecule has 1 fully saturated rings. The zero-order chi connectivity index (χ0) is 13.4. The van der Waals surface area contributed by atoms with Gasteiger partial charge in [0.15, 0.2) is 9.84 Å². The summed E-state index contributed by atoms with van der Waals surface area (Å²) in [6.07, 6.45) is 0.307. The molecule has 0 spiro atoms. The molecule has 0 amide bonds. The van der Waals surface area contributed by atoms with Crippen molar-refractivity contribution in [2.24, 2.45) is 0 Å². The van der Waals surface area contributed by atoms with E-state index in [1.165, 1.54) is 12.1 Å². The molecular weight excluding hydrogens is 274 g/mol. The van der Waals surface area contributed by atoms with Crippen LogP contribution in [0.3, 0.4) is 0 Å². The van der Waals surface area contributed by atoms with Crippen LogP contribution in [-0.4, -0.2) is 33.9 Å². The first-order chi connectivity index (χ1) is 8.23. The van der Waals surface area contributed by atoms with Crippen LogP contribution in [0.15, 0.2) is 35.2 Å².